The normalized spacial score (nSPS) is 14.4. The van der Waals surface area contributed by atoms with E-state index in [-0.39, 0.29) is 24.8 Å². The number of fused-ring (bicyclic) bond motifs is 1. The maximum absolute atomic E-state index is 12.3. The minimum atomic E-state index is -4.29. The van der Waals surface area contributed by atoms with Crippen LogP contribution in [0.1, 0.15) is 16.8 Å². The molecule has 2 rings (SSSR count). The van der Waals surface area contributed by atoms with Crippen molar-refractivity contribution in [2.45, 2.75) is 19.1 Å². The highest BCUT2D eigenvalue weighted by Gasteiger charge is 2.31. The fraction of sp³-hybridized carbons (Fsp3) is 0.444. The molecule has 1 N–H and O–H groups in total. The first-order valence-corrected chi connectivity index (χ1v) is 4.33. The number of alkyl halides is 3. The van der Waals surface area contributed by atoms with Gasteiger partial charge < -0.3 is 5.32 Å². The maximum atomic E-state index is 12.3. The van der Waals surface area contributed by atoms with E-state index in [9.17, 15) is 13.2 Å². The average Bonchev–Trinajstić information content (AvgIpc) is 2.16. The third kappa shape index (κ3) is 3.23. The molecule has 0 atom stereocenters. The Bertz CT molecular complexity index is 355. The van der Waals surface area contributed by atoms with Crippen LogP contribution in [0.3, 0.4) is 0 Å². The van der Waals surface area contributed by atoms with Crippen molar-refractivity contribution in [1.29, 1.82) is 0 Å². The van der Waals surface area contributed by atoms with Gasteiger partial charge in [0, 0.05) is 31.4 Å². The second kappa shape index (κ2) is 5.70. The van der Waals surface area contributed by atoms with Crippen molar-refractivity contribution < 1.29 is 13.2 Å². The minimum Gasteiger partial charge on any atom is -0.312 e. The summed E-state index contributed by atoms with van der Waals surface area (Å²) in [5.41, 5.74) is 0.766. The molecule has 0 fully saturated rings. The highest BCUT2D eigenvalue weighted by Crippen LogP contribution is 2.30. The predicted octanol–water partition coefficient (Wildman–Crippen LogP) is 2.59. The van der Waals surface area contributed by atoms with E-state index >= 15 is 0 Å². The smallest absolute Gasteiger partial charge is 0.312 e. The van der Waals surface area contributed by atoms with E-state index in [1.165, 1.54) is 6.07 Å². The fourth-order valence-corrected chi connectivity index (χ4v) is 1.50. The summed E-state index contributed by atoms with van der Waals surface area (Å²) in [6.45, 7) is 1.26. The lowest BCUT2D eigenvalue weighted by molar-refractivity contribution is -0.137. The number of hydrogen-bond donors (Lipinski definition) is 1. The van der Waals surface area contributed by atoms with Crippen LogP contribution in [0.5, 0.6) is 0 Å². The molecule has 2 heterocycles. The summed E-state index contributed by atoms with van der Waals surface area (Å²) < 4.78 is 36.9. The third-order valence-electron chi connectivity index (χ3n) is 2.24. The van der Waals surface area contributed by atoms with Gasteiger partial charge >= 0.3 is 6.18 Å². The number of nitrogens with zero attached hydrogens (tertiary/aromatic N) is 1. The van der Waals surface area contributed by atoms with Crippen LogP contribution < -0.4 is 5.32 Å². The van der Waals surface area contributed by atoms with Crippen LogP contribution in [-0.4, -0.2) is 11.5 Å². The van der Waals surface area contributed by atoms with Gasteiger partial charge in [0.15, 0.2) is 0 Å². The standard InChI is InChI=1S/C9H9F3N2.2ClH/c10-9(11,12)7-3-6-4-13-2-1-8(6)14-5-7;;/h3,5,13H,1-2,4H2;2*1H. The number of nitrogens with one attached hydrogen (secondary N) is 1. The second-order valence-corrected chi connectivity index (χ2v) is 3.25. The summed E-state index contributed by atoms with van der Waals surface area (Å²) in [6, 6.07) is 1.18. The first-order chi connectivity index (χ1) is 6.57. The highest BCUT2D eigenvalue weighted by atomic mass is 35.5. The Kier molecular flexibility index (Phi) is 5.52. The van der Waals surface area contributed by atoms with Crippen LogP contribution in [0.25, 0.3) is 0 Å². The van der Waals surface area contributed by atoms with Gasteiger partial charge in [-0.05, 0) is 11.6 Å². The first-order valence-electron chi connectivity index (χ1n) is 4.33. The van der Waals surface area contributed by atoms with Gasteiger partial charge in [0.1, 0.15) is 0 Å². The van der Waals surface area contributed by atoms with Crippen molar-refractivity contribution in [2.24, 2.45) is 0 Å². The lowest BCUT2D eigenvalue weighted by atomic mass is 10.1. The Balaban J connectivity index is 0.00000112. The van der Waals surface area contributed by atoms with Crippen molar-refractivity contribution in [3.8, 4) is 0 Å². The van der Waals surface area contributed by atoms with Gasteiger partial charge in [-0.2, -0.15) is 13.2 Å². The van der Waals surface area contributed by atoms with E-state index in [0.29, 0.717) is 18.5 Å². The van der Waals surface area contributed by atoms with Gasteiger partial charge in [-0.15, -0.1) is 24.8 Å². The predicted molar refractivity (Wildman–Crippen MR) is 59.1 cm³/mol. The zero-order valence-corrected chi connectivity index (χ0v) is 9.81. The van der Waals surface area contributed by atoms with Crippen LogP contribution in [0.2, 0.25) is 0 Å². The monoisotopic (exact) mass is 274 g/mol. The van der Waals surface area contributed by atoms with Crippen LogP contribution in [0.4, 0.5) is 13.2 Å². The van der Waals surface area contributed by atoms with Gasteiger partial charge in [0.2, 0.25) is 0 Å². The molecule has 0 saturated heterocycles. The molecule has 0 aliphatic carbocycles. The van der Waals surface area contributed by atoms with E-state index in [1.54, 1.807) is 0 Å². The molecule has 0 amide bonds. The van der Waals surface area contributed by atoms with Crippen molar-refractivity contribution >= 4 is 24.8 Å². The van der Waals surface area contributed by atoms with E-state index in [0.717, 1.165) is 18.4 Å². The van der Waals surface area contributed by atoms with Crippen LogP contribution in [-0.2, 0) is 19.1 Å². The number of rotatable bonds is 0. The number of aromatic nitrogens is 1. The fourth-order valence-electron chi connectivity index (χ4n) is 1.50. The van der Waals surface area contributed by atoms with Crippen molar-refractivity contribution in [3.05, 3.63) is 29.1 Å². The van der Waals surface area contributed by atoms with E-state index in [4.69, 9.17) is 0 Å². The molecular weight excluding hydrogens is 264 g/mol. The maximum Gasteiger partial charge on any atom is 0.417 e. The number of pyridine rings is 1. The Hall–Kier alpha value is -0.520. The molecule has 0 spiro atoms. The molecule has 16 heavy (non-hydrogen) atoms. The van der Waals surface area contributed by atoms with Gasteiger partial charge in [-0.1, -0.05) is 0 Å². The first kappa shape index (κ1) is 15.5. The Morgan fingerprint density at radius 1 is 1.25 bits per heavy atom. The minimum absolute atomic E-state index is 0. The zero-order chi connectivity index (χ0) is 10.2. The van der Waals surface area contributed by atoms with E-state index in [2.05, 4.69) is 10.3 Å². The quantitative estimate of drug-likeness (QED) is 0.787. The van der Waals surface area contributed by atoms with E-state index in [1.807, 2.05) is 0 Å². The van der Waals surface area contributed by atoms with Crippen molar-refractivity contribution in [3.63, 3.8) is 0 Å². The molecule has 92 valence electrons. The van der Waals surface area contributed by atoms with E-state index < -0.39 is 11.7 Å². The summed E-state index contributed by atoms with van der Waals surface area (Å²) in [4.78, 5) is 3.83. The SMILES string of the molecule is Cl.Cl.FC(F)(F)c1cnc2c(c1)CNCC2. The molecule has 1 aliphatic rings. The van der Waals surface area contributed by atoms with Gasteiger partial charge in [0.05, 0.1) is 5.56 Å². The molecular formula is C9H11Cl2F3N2. The van der Waals surface area contributed by atoms with Gasteiger partial charge in [-0.3, -0.25) is 4.98 Å². The Morgan fingerprint density at radius 3 is 2.56 bits per heavy atom. The van der Waals surface area contributed by atoms with Crippen LogP contribution >= 0.6 is 24.8 Å². The number of hydrogen-bond acceptors (Lipinski definition) is 2. The molecule has 0 saturated carbocycles. The number of halogens is 5. The van der Waals surface area contributed by atoms with Gasteiger partial charge in [0.25, 0.3) is 0 Å². The van der Waals surface area contributed by atoms with Crippen LogP contribution in [0, 0.1) is 0 Å². The van der Waals surface area contributed by atoms with Crippen molar-refractivity contribution in [2.75, 3.05) is 6.54 Å². The summed E-state index contributed by atoms with van der Waals surface area (Å²) in [6.07, 6.45) is -2.68. The molecule has 1 aromatic rings. The molecule has 0 unspecified atom stereocenters. The largest absolute Gasteiger partial charge is 0.417 e. The third-order valence-corrected chi connectivity index (χ3v) is 2.24. The van der Waals surface area contributed by atoms with Crippen molar-refractivity contribution in [1.82, 2.24) is 10.3 Å². The summed E-state index contributed by atoms with van der Waals surface area (Å²) >= 11 is 0. The lowest BCUT2D eigenvalue weighted by Crippen LogP contribution is -2.25. The lowest BCUT2D eigenvalue weighted by Gasteiger charge is -2.17. The summed E-state index contributed by atoms with van der Waals surface area (Å²) in [7, 11) is 0. The molecule has 0 bridgehead atoms. The molecule has 2 nitrogen and oxygen atoms in total. The molecule has 1 aliphatic heterocycles. The zero-order valence-electron chi connectivity index (χ0n) is 8.17. The molecule has 7 heteroatoms. The van der Waals surface area contributed by atoms with Gasteiger partial charge in [-0.25, -0.2) is 0 Å². The Morgan fingerprint density at radius 2 is 1.94 bits per heavy atom. The topological polar surface area (TPSA) is 24.9 Å². The molecule has 0 radical (unpaired) electrons. The van der Waals surface area contributed by atoms with Crippen LogP contribution in [0.15, 0.2) is 12.3 Å². The molecule has 0 aromatic carbocycles. The average molecular weight is 275 g/mol. The Labute approximate surface area is 103 Å². The second-order valence-electron chi connectivity index (χ2n) is 3.25. The molecule has 1 aromatic heterocycles. The summed E-state index contributed by atoms with van der Waals surface area (Å²) in [5, 5.41) is 3.01. The highest BCUT2D eigenvalue weighted by molar-refractivity contribution is 5.85. The summed E-state index contributed by atoms with van der Waals surface area (Å²) in [5.74, 6) is 0.